The van der Waals surface area contributed by atoms with Gasteiger partial charge in [-0.2, -0.15) is 0 Å². The van der Waals surface area contributed by atoms with Gasteiger partial charge in [-0.15, -0.1) is 0 Å². The number of nitro benzene ring substituents is 1. The van der Waals surface area contributed by atoms with E-state index in [1.165, 1.54) is 25.3 Å². The standard InChI is InChI=1S/C19H18N4O5/c1-11-16(18(24)21-13-6-4-7-14(10-13)23(26)27)17(22-19(25)20-11)12-5-3-8-15(9-12)28-2/h3-10,16-17H,1H2,2H3,(H,21,24)(H2,20,22,25)/t16-,17+/m0/s1. The van der Waals surface area contributed by atoms with Crippen LogP contribution in [0.4, 0.5) is 16.2 Å². The lowest BCUT2D eigenvalue weighted by molar-refractivity contribution is -0.384. The Morgan fingerprint density at radius 1 is 1.25 bits per heavy atom. The van der Waals surface area contributed by atoms with Gasteiger partial charge in [-0.3, -0.25) is 14.9 Å². The molecule has 0 unspecified atom stereocenters. The van der Waals surface area contributed by atoms with Crippen LogP contribution in [0.15, 0.2) is 60.8 Å². The molecular formula is C19H18N4O5. The number of nitrogens with zero attached hydrogens (tertiary/aromatic N) is 1. The number of rotatable bonds is 5. The molecule has 0 saturated carbocycles. The third kappa shape index (κ3) is 3.93. The highest BCUT2D eigenvalue weighted by molar-refractivity contribution is 5.97. The number of anilines is 1. The molecule has 3 rings (SSSR count). The van der Waals surface area contributed by atoms with E-state index in [9.17, 15) is 19.7 Å². The van der Waals surface area contributed by atoms with E-state index in [0.717, 1.165) is 0 Å². The Morgan fingerprint density at radius 3 is 2.71 bits per heavy atom. The second-order valence-electron chi connectivity index (χ2n) is 6.15. The molecule has 1 aliphatic rings. The van der Waals surface area contributed by atoms with Crippen molar-refractivity contribution < 1.29 is 19.2 Å². The molecule has 0 bridgehead atoms. The molecule has 9 nitrogen and oxygen atoms in total. The lowest BCUT2D eigenvalue weighted by atomic mass is 9.88. The molecule has 1 fully saturated rings. The summed E-state index contributed by atoms with van der Waals surface area (Å²) in [5, 5.41) is 18.8. The zero-order chi connectivity index (χ0) is 20.3. The fourth-order valence-electron chi connectivity index (χ4n) is 3.02. The van der Waals surface area contributed by atoms with Crippen molar-refractivity contribution in [1.29, 1.82) is 0 Å². The lowest BCUT2D eigenvalue weighted by Crippen LogP contribution is -2.51. The molecule has 3 amide bonds. The van der Waals surface area contributed by atoms with E-state index in [1.807, 2.05) is 0 Å². The summed E-state index contributed by atoms with van der Waals surface area (Å²) < 4.78 is 5.21. The van der Waals surface area contributed by atoms with Crippen LogP contribution in [0.3, 0.4) is 0 Å². The summed E-state index contributed by atoms with van der Waals surface area (Å²) in [4.78, 5) is 35.3. The van der Waals surface area contributed by atoms with E-state index in [-0.39, 0.29) is 17.1 Å². The van der Waals surface area contributed by atoms with E-state index < -0.39 is 28.8 Å². The third-order valence-corrected chi connectivity index (χ3v) is 4.33. The summed E-state index contributed by atoms with van der Waals surface area (Å²) in [6.07, 6.45) is 0. The van der Waals surface area contributed by atoms with Gasteiger partial charge in [-0.1, -0.05) is 24.8 Å². The molecule has 144 valence electrons. The fraction of sp³-hybridized carbons (Fsp3) is 0.158. The zero-order valence-electron chi connectivity index (χ0n) is 15.0. The lowest BCUT2D eigenvalue weighted by Gasteiger charge is -2.34. The molecule has 2 atom stereocenters. The Bertz CT molecular complexity index is 959. The van der Waals surface area contributed by atoms with Crippen LogP contribution in [0, 0.1) is 16.0 Å². The van der Waals surface area contributed by atoms with Crippen LogP contribution in [0.5, 0.6) is 5.75 Å². The van der Waals surface area contributed by atoms with E-state index in [1.54, 1.807) is 30.3 Å². The Balaban J connectivity index is 1.90. The molecule has 9 heteroatoms. The predicted molar refractivity (Wildman–Crippen MR) is 102 cm³/mol. The maximum Gasteiger partial charge on any atom is 0.319 e. The number of nitro groups is 1. The molecule has 0 aromatic heterocycles. The number of hydrogen-bond donors (Lipinski definition) is 3. The number of non-ortho nitro benzene ring substituents is 1. The molecule has 1 aliphatic heterocycles. The number of carbonyl (C=O) groups excluding carboxylic acids is 2. The van der Waals surface area contributed by atoms with Gasteiger partial charge in [0.05, 0.1) is 18.1 Å². The number of amides is 3. The molecule has 0 aliphatic carbocycles. The maximum absolute atomic E-state index is 12.9. The minimum absolute atomic E-state index is 0.143. The van der Waals surface area contributed by atoms with Crippen LogP contribution < -0.4 is 20.7 Å². The Hall–Kier alpha value is -3.88. The van der Waals surface area contributed by atoms with E-state index in [4.69, 9.17) is 4.74 Å². The predicted octanol–water partition coefficient (Wildman–Crippen LogP) is 2.73. The fourth-order valence-corrected chi connectivity index (χ4v) is 3.02. The van der Waals surface area contributed by atoms with E-state index in [2.05, 4.69) is 22.5 Å². The van der Waals surface area contributed by atoms with Crippen molar-refractivity contribution in [3.05, 3.63) is 76.5 Å². The van der Waals surface area contributed by atoms with Gasteiger partial charge in [-0.05, 0) is 23.8 Å². The smallest absolute Gasteiger partial charge is 0.319 e. The highest BCUT2D eigenvalue weighted by atomic mass is 16.6. The number of urea groups is 1. The van der Waals surface area contributed by atoms with Crippen LogP contribution in [0.1, 0.15) is 11.6 Å². The van der Waals surface area contributed by atoms with Crippen LogP contribution in [0.2, 0.25) is 0 Å². The molecule has 0 radical (unpaired) electrons. The first kappa shape index (κ1) is 18.9. The normalized spacial score (nSPS) is 18.6. The van der Waals surface area contributed by atoms with Crippen molar-refractivity contribution in [3.8, 4) is 5.75 Å². The number of carbonyl (C=O) groups is 2. The molecule has 28 heavy (non-hydrogen) atoms. The van der Waals surface area contributed by atoms with Gasteiger partial charge in [0.1, 0.15) is 11.7 Å². The van der Waals surface area contributed by atoms with E-state index >= 15 is 0 Å². The van der Waals surface area contributed by atoms with Gasteiger partial charge in [0.2, 0.25) is 5.91 Å². The monoisotopic (exact) mass is 382 g/mol. The molecular weight excluding hydrogens is 364 g/mol. The SMILES string of the molecule is C=C1NC(=O)N[C@H](c2cccc(OC)c2)[C@H]1C(=O)Nc1cccc([N+](=O)[O-])c1. The van der Waals surface area contributed by atoms with Crippen molar-refractivity contribution >= 4 is 23.3 Å². The Morgan fingerprint density at radius 2 is 2.00 bits per heavy atom. The summed E-state index contributed by atoms with van der Waals surface area (Å²) in [5.41, 5.74) is 1.01. The number of ether oxygens (including phenoxy) is 1. The van der Waals surface area contributed by atoms with Crippen molar-refractivity contribution in [3.63, 3.8) is 0 Å². The second kappa shape index (κ2) is 7.78. The number of nitrogens with one attached hydrogen (secondary N) is 3. The summed E-state index contributed by atoms with van der Waals surface area (Å²) in [5.74, 6) is -0.733. The largest absolute Gasteiger partial charge is 0.497 e. The number of hydrogen-bond acceptors (Lipinski definition) is 5. The first-order chi connectivity index (χ1) is 13.4. The van der Waals surface area contributed by atoms with Gasteiger partial charge in [0.25, 0.3) is 5.69 Å². The Labute approximate surface area is 160 Å². The summed E-state index contributed by atoms with van der Waals surface area (Å²) in [6.45, 7) is 3.80. The van der Waals surface area contributed by atoms with Crippen LogP contribution >= 0.6 is 0 Å². The summed E-state index contributed by atoms with van der Waals surface area (Å²) in [6, 6.07) is 11.4. The first-order valence-electron chi connectivity index (χ1n) is 8.34. The Kier molecular flexibility index (Phi) is 5.25. The van der Waals surface area contributed by atoms with Gasteiger partial charge < -0.3 is 20.7 Å². The minimum Gasteiger partial charge on any atom is -0.497 e. The first-order valence-corrected chi connectivity index (χ1v) is 8.34. The number of methoxy groups -OCH3 is 1. The van der Waals surface area contributed by atoms with E-state index in [0.29, 0.717) is 11.3 Å². The van der Waals surface area contributed by atoms with Gasteiger partial charge in [0, 0.05) is 23.5 Å². The topological polar surface area (TPSA) is 123 Å². The minimum atomic E-state index is -0.843. The molecule has 2 aromatic rings. The molecule has 3 N–H and O–H groups in total. The van der Waals surface area contributed by atoms with Crippen LogP contribution in [-0.2, 0) is 4.79 Å². The average molecular weight is 382 g/mol. The quantitative estimate of drug-likeness (QED) is 0.542. The molecule has 2 aromatic carbocycles. The highest BCUT2D eigenvalue weighted by Crippen LogP contribution is 2.32. The third-order valence-electron chi connectivity index (χ3n) is 4.33. The zero-order valence-corrected chi connectivity index (χ0v) is 15.0. The molecule has 0 spiro atoms. The van der Waals surface area contributed by atoms with Crippen molar-refractivity contribution in [2.45, 2.75) is 6.04 Å². The molecule has 1 heterocycles. The van der Waals surface area contributed by atoms with Crippen molar-refractivity contribution in [2.24, 2.45) is 5.92 Å². The maximum atomic E-state index is 12.9. The van der Waals surface area contributed by atoms with Crippen molar-refractivity contribution in [1.82, 2.24) is 10.6 Å². The average Bonchev–Trinajstić information content (AvgIpc) is 2.67. The van der Waals surface area contributed by atoms with Crippen LogP contribution in [0.25, 0.3) is 0 Å². The van der Waals surface area contributed by atoms with Crippen LogP contribution in [-0.4, -0.2) is 24.0 Å². The van der Waals surface area contributed by atoms with Crippen molar-refractivity contribution in [2.75, 3.05) is 12.4 Å². The summed E-state index contributed by atoms with van der Waals surface area (Å²) >= 11 is 0. The van der Waals surface area contributed by atoms with Gasteiger partial charge >= 0.3 is 6.03 Å². The van der Waals surface area contributed by atoms with Gasteiger partial charge in [-0.25, -0.2) is 4.79 Å². The number of benzene rings is 2. The second-order valence-corrected chi connectivity index (χ2v) is 6.15. The summed E-state index contributed by atoms with van der Waals surface area (Å²) in [7, 11) is 1.52. The molecule has 1 saturated heterocycles. The van der Waals surface area contributed by atoms with Gasteiger partial charge in [0.15, 0.2) is 0 Å². The highest BCUT2D eigenvalue weighted by Gasteiger charge is 2.38.